The van der Waals surface area contributed by atoms with E-state index in [0.29, 0.717) is 6.42 Å². The van der Waals surface area contributed by atoms with Crippen molar-refractivity contribution in [2.24, 2.45) is 0 Å². The molecule has 0 aliphatic carbocycles. The number of nitrogens with one attached hydrogen (secondary N) is 1. The van der Waals surface area contributed by atoms with Gasteiger partial charge < -0.3 is 15.0 Å². The first-order valence-corrected chi connectivity index (χ1v) is 10.4. The lowest BCUT2D eigenvalue weighted by molar-refractivity contribution is -0.116. The van der Waals surface area contributed by atoms with Gasteiger partial charge in [0, 0.05) is 24.2 Å². The largest absolute Gasteiger partial charge is 0.497 e. The van der Waals surface area contributed by atoms with Crippen molar-refractivity contribution < 1.29 is 9.53 Å². The van der Waals surface area contributed by atoms with Crippen molar-refractivity contribution in [1.82, 2.24) is 4.90 Å². The van der Waals surface area contributed by atoms with Crippen LogP contribution in [0.1, 0.15) is 18.4 Å². The summed E-state index contributed by atoms with van der Waals surface area (Å²) in [5.41, 5.74) is 4.30. The zero-order chi connectivity index (χ0) is 21.2. The highest BCUT2D eigenvalue weighted by Crippen LogP contribution is 2.27. The summed E-state index contributed by atoms with van der Waals surface area (Å²) >= 11 is 0. The van der Waals surface area contributed by atoms with E-state index >= 15 is 0 Å². The highest BCUT2D eigenvalue weighted by atomic mass is 16.5. The standard InChI is InChI=1S/C26H30N2O2/c1-28(19-8-9-21-14-16-23(30-2)17-15-21)20-18-26(29)27-25-13-7-6-12-24(25)22-10-4-3-5-11-22/h3-7,10-17H,8-9,18-20H2,1-2H3,(H,27,29). The zero-order valence-electron chi connectivity index (χ0n) is 17.8. The molecule has 0 radical (unpaired) electrons. The summed E-state index contributed by atoms with van der Waals surface area (Å²) in [5, 5.41) is 3.08. The second-order valence-electron chi connectivity index (χ2n) is 7.46. The van der Waals surface area contributed by atoms with Gasteiger partial charge in [-0.25, -0.2) is 0 Å². The van der Waals surface area contributed by atoms with Crippen LogP contribution in [0.5, 0.6) is 5.75 Å². The van der Waals surface area contributed by atoms with E-state index in [1.807, 2.05) is 54.6 Å². The number of amides is 1. The Hall–Kier alpha value is -3.11. The van der Waals surface area contributed by atoms with E-state index in [9.17, 15) is 4.79 Å². The number of hydrogen-bond acceptors (Lipinski definition) is 3. The normalized spacial score (nSPS) is 10.8. The Balaban J connectivity index is 1.43. The smallest absolute Gasteiger partial charge is 0.225 e. The third-order valence-corrected chi connectivity index (χ3v) is 5.17. The molecule has 30 heavy (non-hydrogen) atoms. The summed E-state index contributed by atoms with van der Waals surface area (Å²) in [6.45, 7) is 1.70. The number of anilines is 1. The lowest BCUT2D eigenvalue weighted by atomic mass is 10.0. The number of hydrogen-bond donors (Lipinski definition) is 1. The Morgan fingerprint density at radius 2 is 1.60 bits per heavy atom. The predicted octanol–water partition coefficient (Wildman–Crippen LogP) is 5.26. The zero-order valence-corrected chi connectivity index (χ0v) is 17.8. The van der Waals surface area contributed by atoms with Crippen LogP contribution in [0.4, 0.5) is 5.69 Å². The monoisotopic (exact) mass is 402 g/mol. The molecule has 0 aromatic heterocycles. The van der Waals surface area contributed by atoms with Crippen LogP contribution in [-0.4, -0.2) is 38.1 Å². The number of methoxy groups -OCH3 is 1. The van der Waals surface area contributed by atoms with Gasteiger partial charge in [-0.1, -0.05) is 60.7 Å². The molecule has 156 valence electrons. The number of nitrogens with zero attached hydrogens (tertiary/aromatic N) is 1. The maximum atomic E-state index is 12.5. The third kappa shape index (κ3) is 6.46. The number of aryl methyl sites for hydroxylation is 1. The minimum Gasteiger partial charge on any atom is -0.497 e. The van der Waals surface area contributed by atoms with Crippen LogP contribution in [0.3, 0.4) is 0 Å². The van der Waals surface area contributed by atoms with Gasteiger partial charge in [0.25, 0.3) is 0 Å². The summed E-state index contributed by atoms with van der Waals surface area (Å²) < 4.78 is 5.20. The molecule has 0 atom stereocenters. The molecule has 4 nitrogen and oxygen atoms in total. The van der Waals surface area contributed by atoms with Crippen molar-refractivity contribution in [3.8, 4) is 16.9 Å². The Morgan fingerprint density at radius 3 is 2.33 bits per heavy atom. The molecule has 4 heteroatoms. The molecule has 0 spiro atoms. The maximum Gasteiger partial charge on any atom is 0.225 e. The van der Waals surface area contributed by atoms with Crippen LogP contribution in [0, 0.1) is 0 Å². The summed E-state index contributed by atoms with van der Waals surface area (Å²) in [6, 6.07) is 26.3. The van der Waals surface area contributed by atoms with Gasteiger partial charge >= 0.3 is 0 Å². The molecule has 0 unspecified atom stereocenters. The SMILES string of the molecule is COc1ccc(CCCN(C)CCC(=O)Nc2ccccc2-c2ccccc2)cc1. The Kier molecular flexibility index (Phi) is 8.04. The van der Waals surface area contributed by atoms with Gasteiger partial charge in [-0.3, -0.25) is 4.79 Å². The van der Waals surface area contributed by atoms with Crippen LogP contribution < -0.4 is 10.1 Å². The van der Waals surface area contributed by atoms with E-state index in [2.05, 4.69) is 41.5 Å². The van der Waals surface area contributed by atoms with Gasteiger partial charge in [0.2, 0.25) is 5.91 Å². The van der Waals surface area contributed by atoms with Crippen LogP contribution in [0.25, 0.3) is 11.1 Å². The van der Waals surface area contributed by atoms with Crippen LogP contribution in [-0.2, 0) is 11.2 Å². The van der Waals surface area contributed by atoms with Crippen LogP contribution in [0.15, 0.2) is 78.9 Å². The minimum absolute atomic E-state index is 0.0420. The van der Waals surface area contributed by atoms with Gasteiger partial charge in [0.15, 0.2) is 0 Å². The number of carbonyl (C=O) groups is 1. The van der Waals surface area contributed by atoms with Gasteiger partial charge in [-0.15, -0.1) is 0 Å². The molecule has 0 saturated heterocycles. The molecular weight excluding hydrogens is 372 g/mol. The molecule has 3 aromatic rings. The first-order chi connectivity index (χ1) is 14.7. The van der Waals surface area contributed by atoms with Crippen LogP contribution >= 0.6 is 0 Å². The quantitative estimate of drug-likeness (QED) is 0.503. The van der Waals surface area contributed by atoms with Gasteiger partial charge in [-0.05, 0) is 55.8 Å². The van der Waals surface area contributed by atoms with E-state index in [0.717, 1.165) is 48.5 Å². The molecule has 1 amide bonds. The van der Waals surface area contributed by atoms with E-state index in [-0.39, 0.29) is 5.91 Å². The van der Waals surface area contributed by atoms with Gasteiger partial charge in [0.1, 0.15) is 5.75 Å². The molecule has 0 heterocycles. The minimum atomic E-state index is 0.0420. The van der Waals surface area contributed by atoms with Crippen LogP contribution in [0.2, 0.25) is 0 Å². The fourth-order valence-corrected chi connectivity index (χ4v) is 3.42. The van der Waals surface area contributed by atoms with Crippen molar-refractivity contribution >= 4 is 11.6 Å². The highest BCUT2D eigenvalue weighted by molar-refractivity contribution is 5.95. The molecule has 1 N–H and O–H groups in total. The predicted molar refractivity (Wildman–Crippen MR) is 124 cm³/mol. The molecule has 0 saturated carbocycles. The topological polar surface area (TPSA) is 41.6 Å². The van der Waals surface area contributed by atoms with Crippen molar-refractivity contribution in [3.05, 3.63) is 84.4 Å². The summed E-state index contributed by atoms with van der Waals surface area (Å²) in [6.07, 6.45) is 2.55. The summed E-state index contributed by atoms with van der Waals surface area (Å²) in [5.74, 6) is 0.927. The number of para-hydroxylation sites is 1. The van der Waals surface area contributed by atoms with Crippen molar-refractivity contribution in [2.45, 2.75) is 19.3 Å². The second kappa shape index (κ2) is 11.2. The summed E-state index contributed by atoms with van der Waals surface area (Å²) in [4.78, 5) is 14.7. The number of rotatable bonds is 10. The summed E-state index contributed by atoms with van der Waals surface area (Å²) in [7, 11) is 3.75. The van der Waals surface area contributed by atoms with E-state index in [1.165, 1.54) is 5.56 Å². The lowest BCUT2D eigenvalue weighted by Crippen LogP contribution is -2.25. The number of carbonyl (C=O) groups excluding carboxylic acids is 1. The molecule has 3 aromatic carbocycles. The van der Waals surface area contributed by atoms with Gasteiger partial charge in [0.05, 0.1) is 7.11 Å². The molecular formula is C26H30N2O2. The Bertz CT molecular complexity index is 923. The molecule has 0 bridgehead atoms. The highest BCUT2D eigenvalue weighted by Gasteiger charge is 2.09. The molecule has 0 aliphatic heterocycles. The average Bonchev–Trinajstić information content (AvgIpc) is 2.79. The fourth-order valence-electron chi connectivity index (χ4n) is 3.42. The molecule has 0 aliphatic rings. The average molecular weight is 403 g/mol. The maximum absolute atomic E-state index is 12.5. The van der Waals surface area contributed by atoms with E-state index in [1.54, 1.807) is 7.11 Å². The Morgan fingerprint density at radius 1 is 0.900 bits per heavy atom. The third-order valence-electron chi connectivity index (χ3n) is 5.17. The van der Waals surface area contributed by atoms with Crippen molar-refractivity contribution in [1.29, 1.82) is 0 Å². The lowest BCUT2D eigenvalue weighted by Gasteiger charge is -2.17. The first-order valence-electron chi connectivity index (χ1n) is 10.4. The number of ether oxygens (including phenoxy) is 1. The van der Waals surface area contributed by atoms with Crippen molar-refractivity contribution in [2.75, 3.05) is 32.6 Å². The van der Waals surface area contributed by atoms with Gasteiger partial charge in [-0.2, -0.15) is 0 Å². The van der Waals surface area contributed by atoms with E-state index < -0.39 is 0 Å². The molecule has 3 rings (SSSR count). The second-order valence-corrected chi connectivity index (χ2v) is 7.46. The van der Waals surface area contributed by atoms with Crippen molar-refractivity contribution in [3.63, 3.8) is 0 Å². The fraction of sp³-hybridized carbons (Fsp3) is 0.269. The molecule has 0 fully saturated rings. The Labute approximate surface area is 179 Å². The first kappa shape index (κ1) is 21.6. The number of benzene rings is 3. The van der Waals surface area contributed by atoms with E-state index in [4.69, 9.17) is 4.74 Å².